The summed E-state index contributed by atoms with van der Waals surface area (Å²) >= 11 is 3.37. The third-order valence-corrected chi connectivity index (χ3v) is 3.97. The van der Waals surface area contributed by atoms with Gasteiger partial charge in [0.1, 0.15) is 6.54 Å². The molecule has 2 rings (SSSR count). The van der Waals surface area contributed by atoms with Crippen molar-refractivity contribution in [3.05, 3.63) is 28.7 Å². The van der Waals surface area contributed by atoms with E-state index in [1.165, 1.54) is 6.42 Å². The Morgan fingerprint density at radius 1 is 1.57 bits per heavy atom. The molecule has 3 N–H and O–H groups in total. The molecule has 0 spiro atoms. The molecule has 0 aliphatic carbocycles. The number of amides is 1. The standard InChI is InChI=1S/C15H21BrN4O/c1-11-4-3-7-20(10-11)15(17)18-9-14(21)19-13-6-2-5-12(16)8-13/h2,5-6,8,11H,3-4,7,9-10H2,1H3,(H2,17,18)(H,19,21). The highest BCUT2D eigenvalue weighted by Crippen LogP contribution is 2.16. The van der Waals surface area contributed by atoms with E-state index in [0.29, 0.717) is 11.9 Å². The Morgan fingerprint density at radius 3 is 3.10 bits per heavy atom. The zero-order chi connectivity index (χ0) is 15.2. The number of anilines is 1. The van der Waals surface area contributed by atoms with Crippen LogP contribution in [0.3, 0.4) is 0 Å². The van der Waals surface area contributed by atoms with Gasteiger partial charge < -0.3 is 16.0 Å². The Labute approximate surface area is 133 Å². The summed E-state index contributed by atoms with van der Waals surface area (Å²) in [6.07, 6.45) is 2.36. The maximum Gasteiger partial charge on any atom is 0.246 e. The number of hydrogen-bond acceptors (Lipinski definition) is 2. The average molecular weight is 353 g/mol. The van der Waals surface area contributed by atoms with Gasteiger partial charge in [-0.25, -0.2) is 4.99 Å². The summed E-state index contributed by atoms with van der Waals surface area (Å²) in [4.78, 5) is 18.1. The second-order valence-corrected chi connectivity index (χ2v) is 6.34. The first kappa shape index (κ1) is 15.8. The topological polar surface area (TPSA) is 70.7 Å². The predicted octanol–water partition coefficient (Wildman–Crippen LogP) is 2.43. The number of rotatable bonds is 3. The van der Waals surface area contributed by atoms with Crippen molar-refractivity contribution in [3.8, 4) is 0 Å². The molecule has 1 amide bonds. The highest BCUT2D eigenvalue weighted by atomic mass is 79.9. The van der Waals surface area contributed by atoms with E-state index in [9.17, 15) is 4.79 Å². The normalized spacial score (nSPS) is 19.4. The van der Waals surface area contributed by atoms with E-state index in [1.54, 1.807) is 0 Å². The predicted molar refractivity (Wildman–Crippen MR) is 89.2 cm³/mol. The molecule has 1 heterocycles. The molecule has 1 atom stereocenters. The highest BCUT2D eigenvalue weighted by molar-refractivity contribution is 9.10. The molecule has 1 aromatic rings. The van der Waals surface area contributed by atoms with E-state index < -0.39 is 0 Å². The van der Waals surface area contributed by atoms with Crippen molar-refractivity contribution in [1.29, 1.82) is 0 Å². The number of nitrogens with zero attached hydrogens (tertiary/aromatic N) is 2. The van der Waals surface area contributed by atoms with Crippen LogP contribution in [0.25, 0.3) is 0 Å². The summed E-state index contributed by atoms with van der Waals surface area (Å²) in [6.45, 7) is 4.10. The molecule has 1 saturated heterocycles. The molecule has 0 bridgehead atoms. The molecule has 1 aliphatic rings. The van der Waals surface area contributed by atoms with Crippen LogP contribution in [0.2, 0.25) is 0 Å². The molecule has 0 saturated carbocycles. The minimum absolute atomic E-state index is 0.0449. The largest absolute Gasteiger partial charge is 0.370 e. The summed E-state index contributed by atoms with van der Waals surface area (Å²) in [7, 11) is 0. The number of likely N-dealkylation sites (tertiary alicyclic amines) is 1. The van der Waals surface area contributed by atoms with Gasteiger partial charge in [0, 0.05) is 23.2 Å². The second kappa shape index (κ2) is 7.45. The molecule has 1 fully saturated rings. The van der Waals surface area contributed by atoms with E-state index in [0.717, 1.165) is 29.7 Å². The lowest BCUT2D eigenvalue weighted by Gasteiger charge is -2.31. The van der Waals surface area contributed by atoms with E-state index in [4.69, 9.17) is 5.73 Å². The minimum atomic E-state index is -0.166. The Kier molecular flexibility index (Phi) is 5.61. The number of hydrogen-bond donors (Lipinski definition) is 2. The Hall–Kier alpha value is -1.56. The number of aliphatic imine (C=N–C) groups is 1. The lowest BCUT2D eigenvalue weighted by molar-refractivity contribution is -0.114. The molecule has 6 heteroatoms. The van der Waals surface area contributed by atoms with Crippen LogP contribution in [0.1, 0.15) is 19.8 Å². The lowest BCUT2D eigenvalue weighted by atomic mass is 10.0. The van der Waals surface area contributed by atoms with Crippen LogP contribution < -0.4 is 11.1 Å². The Balaban J connectivity index is 1.86. The SMILES string of the molecule is CC1CCCN(C(N)=NCC(=O)Nc2cccc(Br)c2)C1. The van der Waals surface area contributed by atoms with Crippen molar-refractivity contribution in [2.45, 2.75) is 19.8 Å². The highest BCUT2D eigenvalue weighted by Gasteiger charge is 2.17. The first-order valence-electron chi connectivity index (χ1n) is 7.15. The number of halogens is 1. The van der Waals surface area contributed by atoms with Crippen LogP contribution in [0.5, 0.6) is 0 Å². The van der Waals surface area contributed by atoms with Gasteiger partial charge in [-0.2, -0.15) is 0 Å². The Bertz CT molecular complexity index is 532. The van der Waals surface area contributed by atoms with Gasteiger partial charge in [0.15, 0.2) is 5.96 Å². The zero-order valence-electron chi connectivity index (χ0n) is 12.2. The lowest BCUT2D eigenvalue weighted by Crippen LogP contribution is -2.43. The van der Waals surface area contributed by atoms with Gasteiger partial charge in [-0.05, 0) is 37.0 Å². The van der Waals surface area contributed by atoms with Crippen LogP contribution >= 0.6 is 15.9 Å². The van der Waals surface area contributed by atoms with Crippen LogP contribution in [-0.4, -0.2) is 36.4 Å². The summed E-state index contributed by atoms with van der Waals surface area (Å²) in [5, 5.41) is 2.80. The van der Waals surface area contributed by atoms with Crippen molar-refractivity contribution >= 4 is 33.5 Å². The van der Waals surface area contributed by atoms with Crippen molar-refractivity contribution in [2.75, 3.05) is 25.0 Å². The first-order chi connectivity index (χ1) is 10.0. The van der Waals surface area contributed by atoms with Crippen molar-refractivity contribution in [2.24, 2.45) is 16.6 Å². The van der Waals surface area contributed by atoms with E-state index in [-0.39, 0.29) is 12.5 Å². The number of piperidine rings is 1. The number of guanidine groups is 1. The van der Waals surface area contributed by atoms with E-state index in [1.807, 2.05) is 24.3 Å². The first-order valence-corrected chi connectivity index (χ1v) is 7.94. The number of carbonyl (C=O) groups excluding carboxylic acids is 1. The molecule has 21 heavy (non-hydrogen) atoms. The fraction of sp³-hybridized carbons (Fsp3) is 0.467. The number of nitrogens with two attached hydrogens (primary N) is 1. The molecule has 1 aromatic carbocycles. The zero-order valence-corrected chi connectivity index (χ0v) is 13.8. The van der Waals surface area contributed by atoms with Gasteiger partial charge in [0.2, 0.25) is 5.91 Å². The van der Waals surface area contributed by atoms with Crippen molar-refractivity contribution < 1.29 is 4.79 Å². The van der Waals surface area contributed by atoms with Gasteiger partial charge in [0.05, 0.1) is 0 Å². The Morgan fingerprint density at radius 2 is 2.38 bits per heavy atom. The monoisotopic (exact) mass is 352 g/mol. The van der Waals surface area contributed by atoms with Crippen LogP contribution in [0.4, 0.5) is 5.69 Å². The minimum Gasteiger partial charge on any atom is -0.370 e. The fourth-order valence-corrected chi connectivity index (χ4v) is 2.82. The van der Waals surface area contributed by atoms with Gasteiger partial charge in [-0.3, -0.25) is 4.79 Å². The molecule has 0 radical (unpaired) electrons. The number of carbonyl (C=O) groups is 1. The smallest absolute Gasteiger partial charge is 0.246 e. The number of nitrogens with one attached hydrogen (secondary N) is 1. The second-order valence-electron chi connectivity index (χ2n) is 5.43. The van der Waals surface area contributed by atoms with Crippen molar-refractivity contribution in [1.82, 2.24) is 4.90 Å². The van der Waals surface area contributed by atoms with Gasteiger partial charge >= 0.3 is 0 Å². The third kappa shape index (κ3) is 5.04. The molecule has 114 valence electrons. The molecular weight excluding hydrogens is 332 g/mol. The average Bonchev–Trinajstić information content (AvgIpc) is 2.45. The molecule has 0 aromatic heterocycles. The van der Waals surface area contributed by atoms with Gasteiger partial charge in [-0.15, -0.1) is 0 Å². The van der Waals surface area contributed by atoms with Crippen LogP contribution in [0.15, 0.2) is 33.7 Å². The summed E-state index contributed by atoms with van der Waals surface area (Å²) in [6, 6.07) is 7.45. The van der Waals surface area contributed by atoms with E-state index >= 15 is 0 Å². The van der Waals surface area contributed by atoms with Gasteiger partial charge in [-0.1, -0.05) is 28.9 Å². The maximum absolute atomic E-state index is 11.9. The molecule has 1 unspecified atom stereocenters. The third-order valence-electron chi connectivity index (χ3n) is 3.47. The fourth-order valence-electron chi connectivity index (χ4n) is 2.42. The molecular formula is C15H21BrN4O. The van der Waals surface area contributed by atoms with Crippen LogP contribution in [0, 0.1) is 5.92 Å². The maximum atomic E-state index is 11.9. The summed E-state index contributed by atoms with van der Waals surface area (Å²) in [5.41, 5.74) is 6.71. The summed E-state index contributed by atoms with van der Waals surface area (Å²) in [5.74, 6) is 0.926. The number of benzene rings is 1. The summed E-state index contributed by atoms with van der Waals surface area (Å²) < 4.78 is 0.922. The quantitative estimate of drug-likeness (QED) is 0.648. The van der Waals surface area contributed by atoms with Crippen LogP contribution in [-0.2, 0) is 4.79 Å². The van der Waals surface area contributed by atoms with E-state index in [2.05, 4.69) is 38.1 Å². The van der Waals surface area contributed by atoms with Crippen molar-refractivity contribution in [3.63, 3.8) is 0 Å². The molecule has 5 nitrogen and oxygen atoms in total. The van der Waals surface area contributed by atoms with Gasteiger partial charge in [0.25, 0.3) is 0 Å². The molecule has 1 aliphatic heterocycles.